The Kier molecular flexibility index (Phi) is 12.6. The Hall–Kier alpha value is -7.24. The molecule has 0 heterocycles. The van der Waals surface area contributed by atoms with Crippen molar-refractivity contribution in [1.29, 1.82) is 0 Å². The van der Waals surface area contributed by atoms with Crippen LogP contribution in [0.4, 0.5) is 0 Å². The van der Waals surface area contributed by atoms with E-state index in [9.17, 15) is 4.89 Å². The number of hydrogen-bond donors (Lipinski definition) is 1. The zero-order chi connectivity index (χ0) is 50.3. The van der Waals surface area contributed by atoms with Crippen LogP contribution in [-0.4, -0.2) is 10.6 Å². The topological polar surface area (TPSA) is 71.4 Å². The third-order valence-corrected chi connectivity index (χ3v) is 28.3. The van der Waals surface area contributed by atoms with Crippen molar-refractivity contribution in [3.63, 3.8) is 0 Å². The van der Waals surface area contributed by atoms with E-state index in [2.05, 4.69) is 12.2 Å². The molecule has 12 rings (SSSR count). The third kappa shape index (κ3) is 7.71. The third-order valence-electron chi connectivity index (χ3n) is 14.9. The van der Waals surface area contributed by atoms with Gasteiger partial charge in [0, 0.05) is 0 Å². The molecule has 0 fully saturated rings. The van der Waals surface area contributed by atoms with Gasteiger partial charge in [-0.2, -0.15) is 0 Å². The van der Waals surface area contributed by atoms with Crippen LogP contribution >= 0.6 is 28.9 Å². The fraction of sp³-hybridized carbons (Fsp3) is 0.0303. The summed E-state index contributed by atoms with van der Waals surface area (Å²) >= 11 is 0. The molecule has 0 saturated carbocycles. The molecule has 1 aliphatic carbocycles. The number of hydrogen-bond acceptors (Lipinski definition) is 4. The second-order valence-corrected chi connectivity index (χ2v) is 30.4. The molecule has 1 N–H and O–H groups in total. The molecule has 3 atom stereocenters. The summed E-state index contributed by atoms with van der Waals surface area (Å²) in [6, 6.07) is 84.8. The summed E-state index contributed by atoms with van der Waals surface area (Å²) in [7, 11) is -14.7. The Bertz CT molecular complexity index is 4020. The van der Waals surface area contributed by atoms with E-state index in [-0.39, 0.29) is 5.66 Å². The molecule has 4 nitrogen and oxygen atoms in total. The van der Waals surface area contributed by atoms with Gasteiger partial charge in [0.1, 0.15) is 0 Å². The molecule has 3 unspecified atom stereocenters. The number of benzene rings is 11. The van der Waals surface area contributed by atoms with Gasteiger partial charge >= 0.3 is 363 Å². The van der Waals surface area contributed by atoms with Gasteiger partial charge in [-0.05, 0) is 0 Å². The van der Waals surface area contributed by atoms with E-state index in [1.165, 1.54) is 0 Å². The van der Waals surface area contributed by atoms with Gasteiger partial charge in [0.2, 0.25) is 0 Å². The van der Waals surface area contributed by atoms with Crippen LogP contribution in [0.25, 0.3) is 32.3 Å². The van der Waals surface area contributed by atoms with Crippen LogP contribution in [0.3, 0.4) is 0 Å². The Morgan fingerprint density at radius 3 is 1.11 bits per heavy atom. The van der Waals surface area contributed by atoms with Crippen molar-refractivity contribution in [3.05, 3.63) is 285 Å². The summed E-state index contributed by atoms with van der Waals surface area (Å²) in [6.45, 7) is 0. The van der Waals surface area contributed by atoms with Gasteiger partial charge in [0.05, 0.1) is 0 Å². The fourth-order valence-electron chi connectivity index (χ4n) is 11.4. The van der Waals surface area contributed by atoms with E-state index >= 15 is 13.7 Å². The first-order chi connectivity index (χ1) is 36.3. The van der Waals surface area contributed by atoms with Crippen LogP contribution in [0.5, 0.6) is 0 Å². The number of rotatable bonds is 12. The zero-order valence-corrected chi connectivity index (χ0v) is 44.1. The average Bonchev–Trinajstić information content (AvgIpc) is 3.50. The van der Waals surface area contributed by atoms with E-state index in [1.807, 2.05) is 273 Å². The van der Waals surface area contributed by atoms with Crippen molar-refractivity contribution in [3.8, 4) is 0 Å². The molecular weight excluding hydrogens is 981 g/mol. The summed E-state index contributed by atoms with van der Waals surface area (Å²) in [5.41, 5.74) is -0.286. The molecule has 11 aromatic rings. The van der Waals surface area contributed by atoms with Crippen molar-refractivity contribution in [1.82, 2.24) is 0 Å². The Labute approximate surface area is 433 Å². The van der Waals surface area contributed by atoms with Crippen molar-refractivity contribution in [2.24, 2.45) is 0 Å². The van der Waals surface area contributed by atoms with Crippen molar-refractivity contribution >= 4 is 120 Å². The molecule has 0 bridgehead atoms. The summed E-state index contributed by atoms with van der Waals surface area (Å²) < 4.78 is 50.9. The van der Waals surface area contributed by atoms with E-state index in [0.717, 1.165) is 53.5 Å². The Balaban J connectivity index is 1.18. The molecule has 74 heavy (non-hydrogen) atoms. The fourth-order valence-corrected chi connectivity index (χ4v) is 24.0. The number of allylic oxidation sites excluding steroid dienone is 4. The van der Waals surface area contributed by atoms with Gasteiger partial charge in [-0.3, -0.25) is 0 Å². The van der Waals surface area contributed by atoms with E-state index in [1.54, 1.807) is 0 Å². The first-order valence-corrected chi connectivity index (χ1v) is 32.1. The zero-order valence-electron chi connectivity index (χ0n) is 40.4. The summed E-state index contributed by atoms with van der Waals surface area (Å²) in [5.74, 6) is 0. The van der Waals surface area contributed by atoms with Crippen LogP contribution in [0.1, 0.15) is 6.42 Å². The maximum absolute atomic E-state index is 18.2. The Morgan fingerprint density at radius 1 is 0.338 bits per heavy atom. The Morgan fingerprint density at radius 2 is 0.676 bits per heavy atom. The first-order valence-electron chi connectivity index (χ1n) is 25.0. The summed E-state index contributed by atoms with van der Waals surface area (Å²) in [5, 5.41) is 12.3. The van der Waals surface area contributed by atoms with Gasteiger partial charge in [0.15, 0.2) is 0 Å². The predicted octanol–water partition coefficient (Wildman–Crippen LogP) is 11.6. The van der Waals surface area contributed by atoms with Gasteiger partial charge in [-0.1, -0.05) is 72.8 Å². The minimum atomic E-state index is -4.09. The van der Waals surface area contributed by atoms with E-state index in [4.69, 9.17) is 0 Å². The molecule has 0 radical (unpaired) electrons. The molecule has 1 aliphatic rings. The molecule has 0 spiro atoms. The molecule has 0 amide bonds. The van der Waals surface area contributed by atoms with E-state index < -0.39 is 28.9 Å². The average molecular weight is 1030 g/mol. The van der Waals surface area contributed by atoms with Crippen molar-refractivity contribution in [2.75, 3.05) is 0 Å². The van der Waals surface area contributed by atoms with Gasteiger partial charge in [0.25, 0.3) is 0 Å². The van der Waals surface area contributed by atoms with Gasteiger partial charge < -0.3 is 0 Å². The summed E-state index contributed by atoms with van der Waals surface area (Å²) in [6.07, 6.45) is 8.78. The van der Waals surface area contributed by atoms with Crippen LogP contribution < -0.4 is 58.3 Å². The molecule has 360 valence electrons. The molecule has 0 aliphatic heterocycles. The molecule has 0 aromatic heterocycles. The van der Waals surface area contributed by atoms with E-state index in [0.29, 0.717) is 43.6 Å². The van der Waals surface area contributed by atoms with Crippen LogP contribution in [0, 0.1) is 0 Å². The SMILES string of the molecule is O=P(c1ccccc1)(c1ccccc1)c1ccc(P(=O)(c2ccc(P(=O)(c3ccccc3)C3C=CC=CC3)c3ccccc23)c2ccc([PH](O)(c3ccccc3)c3ccccc3)c3ccccc23)c2ccccc12. The quantitative estimate of drug-likeness (QED) is 0.124. The maximum atomic E-state index is 18.2. The number of fused-ring (bicyclic) bond motifs is 3. The normalized spacial score (nSPS) is 15.7. The van der Waals surface area contributed by atoms with Crippen molar-refractivity contribution in [2.45, 2.75) is 12.1 Å². The molecule has 11 aromatic carbocycles. The second kappa shape index (κ2) is 19.6. The van der Waals surface area contributed by atoms with Gasteiger partial charge in [-0.15, -0.1) is 0 Å². The van der Waals surface area contributed by atoms with Crippen LogP contribution in [-0.2, 0) is 13.7 Å². The van der Waals surface area contributed by atoms with Crippen molar-refractivity contribution < 1.29 is 18.6 Å². The molecular formula is C66H52O4P4. The molecule has 0 saturated heterocycles. The minimum absolute atomic E-state index is 0.286. The van der Waals surface area contributed by atoms with Crippen LogP contribution in [0.15, 0.2) is 285 Å². The van der Waals surface area contributed by atoms with Gasteiger partial charge in [-0.25, -0.2) is 0 Å². The van der Waals surface area contributed by atoms with Crippen LogP contribution in [0.2, 0.25) is 0 Å². The first kappa shape index (κ1) is 47.7. The standard InChI is InChI=1S/C66H52O4P4/c67-71(49-25-7-1-8-26-49,50-27-9-2-10-28-50)61-43-46-64(58-40-22-19-37-55(58)61)74(70,65-47-44-62(56-38-20-23-41-59(56)65)72(68,51-29-11-3-12-30-51)52-31-13-4-14-32-52)66-48-45-63(57-39-21-24-42-60(57)66)73(69,53-33-15-5-16-34-53)54-35-17-6-18-36-54/h1-35,37-48,54,67,71H,36H2. The molecule has 8 heteroatoms. The summed E-state index contributed by atoms with van der Waals surface area (Å²) in [4.78, 5) is 13.5. The monoisotopic (exact) mass is 1030 g/mol. The second-order valence-electron chi connectivity index (χ2n) is 18.9. The predicted molar refractivity (Wildman–Crippen MR) is 320 cm³/mol.